The third-order valence-electron chi connectivity index (χ3n) is 4.30. The van der Waals surface area contributed by atoms with Crippen molar-refractivity contribution in [3.8, 4) is 0 Å². The Morgan fingerprint density at radius 2 is 1.75 bits per heavy atom. The van der Waals surface area contributed by atoms with E-state index in [0.29, 0.717) is 30.5 Å². The molecule has 28 heavy (non-hydrogen) atoms. The summed E-state index contributed by atoms with van der Waals surface area (Å²) in [4.78, 5) is 45.9. The van der Waals surface area contributed by atoms with Gasteiger partial charge in [0.05, 0.1) is 0 Å². The second-order valence-electron chi connectivity index (χ2n) is 6.97. The number of nitrogens with one attached hydrogen (secondary N) is 4. The zero-order valence-corrected chi connectivity index (χ0v) is 17.5. The fraction of sp³-hybridized carbons (Fsp3) is 0.611. The van der Waals surface area contributed by atoms with Crippen molar-refractivity contribution in [3.63, 3.8) is 0 Å². The summed E-state index contributed by atoms with van der Waals surface area (Å²) >= 11 is 1.43. The summed E-state index contributed by atoms with van der Waals surface area (Å²) in [7, 11) is 0. The molecule has 0 radical (unpaired) electrons. The fourth-order valence-electron chi connectivity index (χ4n) is 2.70. The fourth-order valence-corrected chi connectivity index (χ4v) is 3.10. The zero-order valence-electron chi connectivity index (χ0n) is 16.7. The maximum Gasteiger partial charge on any atom is 0.243 e. The molecule has 4 N–H and O–H groups in total. The zero-order chi connectivity index (χ0) is 20.7. The summed E-state index contributed by atoms with van der Waals surface area (Å²) in [5, 5.41) is 12.0. The van der Waals surface area contributed by atoms with Crippen molar-refractivity contribution in [3.05, 3.63) is 11.8 Å². The second kappa shape index (κ2) is 10.3. The molecule has 3 amide bonds. The minimum absolute atomic E-state index is 0.111. The molecule has 1 aliphatic heterocycles. The lowest BCUT2D eigenvalue weighted by atomic mass is 10.0. The molecule has 1 aromatic rings. The van der Waals surface area contributed by atoms with Crippen LogP contribution in [0.25, 0.3) is 0 Å². The van der Waals surface area contributed by atoms with Gasteiger partial charge in [0.15, 0.2) is 5.16 Å². The molecule has 2 bridgehead atoms. The molecule has 1 aromatic heterocycles. The van der Waals surface area contributed by atoms with Crippen molar-refractivity contribution < 1.29 is 14.4 Å². The molecule has 0 spiro atoms. The molecule has 1 aliphatic rings. The Bertz CT molecular complexity index is 727. The van der Waals surface area contributed by atoms with E-state index < -0.39 is 12.1 Å². The largest absolute Gasteiger partial charge is 0.369 e. The van der Waals surface area contributed by atoms with Crippen LogP contribution in [0.3, 0.4) is 0 Å². The van der Waals surface area contributed by atoms with Crippen molar-refractivity contribution in [2.24, 2.45) is 5.92 Å². The number of hydrogen-bond acceptors (Lipinski definition) is 7. The van der Waals surface area contributed by atoms with Crippen molar-refractivity contribution in [1.82, 2.24) is 25.9 Å². The van der Waals surface area contributed by atoms with Crippen molar-refractivity contribution in [1.29, 1.82) is 0 Å². The molecule has 0 fully saturated rings. The number of fused-ring (bicyclic) bond motifs is 2. The first-order valence-electron chi connectivity index (χ1n) is 9.33. The normalized spacial score (nSPS) is 22.1. The molecular formula is C18H28N6O3S. The smallest absolute Gasteiger partial charge is 0.243 e. The van der Waals surface area contributed by atoms with Crippen LogP contribution in [0.5, 0.6) is 0 Å². The molecule has 0 saturated heterocycles. The number of hydrogen-bond donors (Lipinski definition) is 4. The number of aromatic nitrogens is 2. The van der Waals surface area contributed by atoms with Crippen LogP contribution >= 0.6 is 11.8 Å². The van der Waals surface area contributed by atoms with E-state index in [1.54, 1.807) is 6.92 Å². The van der Waals surface area contributed by atoms with Gasteiger partial charge >= 0.3 is 0 Å². The van der Waals surface area contributed by atoms with Crippen molar-refractivity contribution >= 4 is 35.3 Å². The average molecular weight is 409 g/mol. The number of amides is 3. The van der Waals surface area contributed by atoms with Crippen LogP contribution in [-0.2, 0) is 20.8 Å². The van der Waals surface area contributed by atoms with Crippen LogP contribution in [0.1, 0.15) is 32.9 Å². The van der Waals surface area contributed by atoms with Crippen molar-refractivity contribution in [2.45, 2.75) is 50.9 Å². The Balaban J connectivity index is 2.21. The van der Waals surface area contributed by atoms with Gasteiger partial charge in [-0.05, 0) is 19.1 Å². The van der Waals surface area contributed by atoms with Gasteiger partial charge in [0.1, 0.15) is 17.9 Å². The molecule has 9 nitrogen and oxygen atoms in total. The highest BCUT2D eigenvalue weighted by atomic mass is 32.2. The molecule has 2 atom stereocenters. The molecule has 0 aromatic carbocycles. The summed E-state index contributed by atoms with van der Waals surface area (Å²) in [5.41, 5.74) is 0.787. The van der Waals surface area contributed by atoms with Gasteiger partial charge in [-0.25, -0.2) is 9.97 Å². The van der Waals surface area contributed by atoms with Crippen LogP contribution < -0.4 is 21.3 Å². The maximum atomic E-state index is 12.5. The minimum atomic E-state index is -0.706. The lowest BCUT2D eigenvalue weighted by Gasteiger charge is -2.24. The van der Waals surface area contributed by atoms with Crippen molar-refractivity contribution in [2.75, 3.05) is 24.7 Å². The molecule has 10 heteroatoms. The number of nitrogens with zero attached hydrogens (tertiary/aromatic N) is 2. The highest BCUT2D eigenvalue weighted by Gasteiger charge is 2.26. The summed E-state index contributed by atoms with van der Waals surface area (Å²) in [6, 6.07) is 0.407. The predicted molar refractivity (Wildman–Crippen MR) is 108 cm³/mol. The first kappa shape index (κ1) is 21.9. The third kappa shape index (κ3) is 6.36. The molecule has 154 valence electrons. The van der Waals surface area contributed by atoms with Gasteiger partial charge in [-0.2, -0.15) is 0 Å². The minimum Gasteiger partial charge on any atom is -0.369 e. The summed E-state index contributed by atoms with van der Waals surface area (Å²) in [6.07, 6.45) is 2.62. The van der Waals surface area contributed by atoms with Gasteiger partial charge in [0.25, 0.3) is 0 Å². The van der Waals surface area contributed by atoms with E-state index in [1.807, 2.05) is 26.2 Å². The Hall–Kier alpha value is -2.36. The van der Waals surface area contributed by atoms with E-state index in [9.17, 15) is 14.4 Å². The second-order valence-corrected chi connectivity index (χ2v) is 7.74. The molecule has 2 heterocycles. The molecule has 0 saturated carbocycles. The number of thioether (sulfide) groups is 1. The standard InChI is InChI=1S/C18H28N6O3S/c1-10(2)15-17(27)21-11(3)16(26)20-7-5-12-9-13(23-18(22-12)28-4)19-8-6-14(25)24-15/h9-11,15H,5-8H2,1-4H3,(H,20,26)(H,21,27)(H,24,25)(H,19,22,23)/t11-,15+/m0/s1. The lowest BCUT2D eigenvalue weighted by molar-refractivity contribution is -0.132. The van der Waals surface area contributed by atoms with Gasteiger partial charge in [0, 0.05) is 37.7 Å². The maximum absolute atomic E-state index is 12.5. The van der Waals surface area contributed by atoms with Crippen LogP contribution in [0.2, 0.25) is 0 Å². The van der Waals surface area contributed by atoms with Crippen LogP contribution in [0.15, 0.2) is 11.2 Å². The van der Waals surface area contributed by atoms with E-state index in [4.69, 9.17) is 0 Å². The number of carbonyl (C=O) groups excluding carboxylic acids is 3. The molecule has 0 unspecified atom stereocenters. The Morgan fingerprint density at radius 3 is 2.43 bits per heavy atom. The SMILES string of the molecule is CSc1nc2cc(n1)NCCC(=O)N[C@H](C(C)C)C(=O)N[C@@H](C)C(=O)NCC2. The highest BCUT2D eigenvalue weighted by molar-refractivity contribution is 7.98. The number of carbonyl (C=O) groups is 3. The molecule has 0 aliphatic carbocycles. The van der Waals surface area contributed by atoms with Gasteiger partial charge in [0.2, 0.25) is 17.7 Å². The Kier molecular flexibility index (Phi) is 8.04. The first-order valence-corrected chi connectivity index (χ1v) is 10.6. The Morgan fingerprint density at radius 1 is 1.04 bits per heavy atom. The predicted octanol–water partition coefficient (Wildman–Crippen LogP) is 0.318. The molecular weight excluding hydrogens is 380 g/mol. The quantitative estimate of drug-likeness (QED) is 0.410. The van der Waals surface area contributed by atoms with E-state index in [1.165, 1.54) is 11.8 Å². The van der Waals surface area contributed by atoms with E-state index >= 15 is 0 Å². The molecule has 2 rings (SSSR count). The van der Waals surface area contributed by atoms with Gasteiger partial charge < -0.3 is 21.3 Å². The summed E-state index contributed by atoms with van der Waals surface area (Å²) in [6.45, 7) is 6.09. The highest BCUT2D eigenvalue weighted by Crippen LogP contribution is 2.14. The summed E-state index contributed by atoms with van der Waals surface area (Å²) in [5.74, 6) is -0.382. The van der Waals surface area contributed by atoms with Crippen LogP contribution in [-0.4, -0.2) is 59.1 Å². The number of anilines is 1. The van der Waals surface area contributed by atoms with Crippen LogP contribution in [0, 0.1) is 5.92 Å². The number of rotatable bonds is 2. The Labute approximate surface area is 169 Å². The van der Waals surface area contributed by atoms with Gasteiger partial charge in [-0.15, -0.1) is 0 Å². The van der Waals surface area contributed by atoms with Gasteiger partial charge in [-0.1, -0.05) is 25.6 Å². The first-order chi connectivity index (χ1) is 13.3. The summed E-state index contributed by atoms with van der Waals surface area (Å²) < 4.78 is 0. The van der Waals surface area contributed by atoms with Gasteiger partial charge in [-0.3, -0.25) is 14.4 Å². The van der Waals surface area contributed by atoms with E-state index in [2.05, 4.69) is 31.2 Å². The monoisotopic (exact) mass is 408 g/mol. The lowest BCUT2D eigenvalue weighted by Crippen LogP contribution is -2.54. The third-order valence-corrected chi connectivity index (χ3v) is 4.85. The topological polar surface area (TPSA) is 125 Å². The average Bonchev–Trinajstić information content (AvgIpc) is 2.64. The van der Waals surface area contributed by atoms with E-state index in [-0.39, 0.29) is 30.1 Å². The van der Waals surface area contributed by atoms with E-state index in [0.717, 1.165) is 5.69 Å². The van der Waals surface area contributed by atoms with Crippen LogP contribution in [0.4, 0.5) is 5.82 Å².